The van der Waals surface area contributed by atoms with Gasteiger partial charge < -0.3 is 34.8 Å². The van der Waals surface area contributed by atoms with Crippen molar-refractivity contribution >= 4 is 53.4 Å². The van der Waals surface area contributed by atoms with Crippen molar-refractivity contribution < 1.29 is 91.9 Å². The molecule has 2 aromatic rings. The zero-order valence-electron chi connectivity index (χ0n) is 24.6. The van der Waals surface area contributed by atoms with Crippen LogP contribution in [-0.2, 0) is 44.1 Å². The Balaban J connectivity index is 0.00000924. The van der Waals surface area contributed by atoms with Crippen molar-refractivity contribution in [2.75, 3.05) is 39.0 Å². The van der Waals surface area contributed by atoms with E-state index in [1.54, 1.807) is 0 Å². The fourth-order valence-electron chi connectivity index (χ4n) is 3.38. The number of Topliss-reactive ketones (excluding diaryl/α,β-unsaturated/α-hetero) is 1. The number of rotatable bonds is 14. The van der Waals surface area contributed by atoms with Gasteiger partial charge in [-0.25, -0.2) is 25.3 Å². The maximum absolute atomic E-state index is 12.9. The molecule has 0 heterocycles. The predicted molar refractivity (Wildman–Crippen MR) is 147 cm³/mol. The van der Waals surface area contributed by atoms with Gasteiger partial charge in [0.15, 0.2) is 15.6 Å². The quantitative estimate of drug-likeness (QED) is 0.0729. The van der Waals surface area contributed by atoms with Crippen LogP contribution < -0.4 is 55.2 Å². The number of quaternary nitrogens is 1. The van der Waals surface area contributed by atoms with Crippen molar-refractivity contribution in [2.45, 2.75) is 29.7 Å². The van der Waals surface area contributed by atoms with Crippen molar-refractivity contribution in [1.82, 2.24) is 6.15 Å². The molecule has 240 valence electrons. The van der Waals surface area contributed by atoms with E-state index in [-0.39, 0.29) is 69.9 Å². The number of sulfone groups is 1. The van der Waals surface area contributed by atoms with Gasteiger partial charge in [-0.15, -0.1) is 0 Å². The van der Waals surface area contributed by atoms with E-state index in [4.69, 9.17) is 14.2 Å². The number of carbonyl (C=O) groups excluding carboxylic acids is 2. The Morgan fingerprint density at radius 3 is 1.91 bits per heavy atom. The van der Waals surface area contributed by atoms with E-state index in [1.807, 2.05) is 0 Å². The predicted octanol–water partition coefficient (Wildman–Crippen LogP) is -1.76. The number of anilines is 1. The number of azo groups is 1. The molecular weight excluding hydrogens is 663 g/mol. The molecule has 2 aromatic carbocycles. The summed E-state index contributed by atoms with van der Waals surface area (Å²) in [6.45, 7) is 1.39. The average molecular weight is 693 g/mol. The Bertz CT molecular complexity index is 1730. The van der Waals surface area contributed by atoms with Gasteiger partial charge in [-0.3, -0.25) is 13.8 Å². The SMILES string of the molecule is COc1cc(S(=O)(=O)CCOS(=O)(=O)[O-])c(OC)cc1N=NC(C(C)=O)C(=O)Nc1cc(C)c(S(=O)(=O)[O-])cc1OC.[NH4+].[Na+]. The van der Waals surface area contributed by atoms with Gasteiger partial charge in [0.1, 0.15) is 37.9 Å². The standard InChI is InChI=1S/C22H27N3O14S3.H3N.Na/c1-12-8-14(16(36-3)10-19(12)41(30,31)32)23-22(27)21(13(2)26)25-24-15-9-18(38-5)20(11-17(15)37-4)40(28,29)7-6-39-42(33,34)35;;/h8-11,21H,6-7H2,1-5H3,(H,23,27)(H,30,31,32)(H,33,34,35);1H3;/q;;+1/p-1. The van der Waals surface area contributed by atoms with E-state index in [0.29, 0.717) is 0 Å². The van der Waals surface area contributed by atoms with Gasteiger partial charge in [0, 0.05) is 18.2 Å². The molecule has 1 atom stereocenters. The number of ether oxygens (including phenoxy) is 3. The van der Waals surface area contributed by atoms with E-state index >= 15 is 0 Å². The minimum atomic E-state index is -5.13. The second kappa shape index (κ2) is 16.5. The summed E-state index contributed by atoms with van der Waals surface area (Å²) in [7, 11) is -10.8. The van der Waals surface area contributed by atoms with Gasteiger partial charge in [0.2, 0.25) is 16.4 Å². The molecular formula is C22H29N4NaO14S3. The largest absolute Gasteiger partial charge is 1.00 e. The van der Waals surface area contributed by atoms with Crippen molar-refractivity contribution in [3.63, 3.8) is 0 Å². The summed E-state index contributed by atoms with van der Waals surface area (Å²) in [6, 6.07) is 2.33. The number of nitrogens with zero attached hydrogens (tertiary/aromatic N) is 2. The topological polar surface area (TPSA) is 293 Å². The number of aryl methyl sites for hydroxylation is 1. The van der Waals surface area contributed by atoms with Crippen LogP contribution in [0.2, 0.25) is 0 Å². The Morgan fingerprint density at radius 1 is 0.886 bits per heavy atom. The maximum atomic E-state index is 12.9. The molecule has 0 aliphatic rings. The monoisotopic (exact) mass is 692 g/mol. The molecule has 0 saturated carbocycles. The summed E-state index contributed by atoms with van der Waals surface area (Å²) < 4.78 is 111. The number of carbonyl (C=O) groups is 2. The van der Waals surface area contributed by atoms with Crippen LogP contribution in [0, 0.1) is 6.92 Å². The van der Waals surface area contributed by atoms with Crippen LogP contribution in [0.15, 0.2) is 44.3 Å². The van der Waals surface area contributed by atoms with E-state index in [0.717, 1.165) is 52.5 Å². The number of nitrogens with one attached hydrogen (secondary N) is 1. The second-order valence-electron chi connectivity index (χ2n) is 8.21. The number of amides is 1. The van der Waals surface area contributed by atoms with Crippen LogP contribution in [0.4, 0.5) is 11.4 Å². The third kappa shape index (κ3) is 11.0. The molecule has 5 N–H and O–H groups in total. The summed E-state index contributed by atoms with van der Waals surface area (Å²) in [6.07, 6.45) is 0. The van der Waals surface area contributed by atoms with E-state index in [1.165, 1.54) is 6.92 Å². The Labute approximate surface area is 276 Å². The molecule has 0 fully saturated rings. The third-order valence-electron chi connectivity index (χ3n) is 5.32. The minimum Gasteiger partial charge on any atom is -0.744 e. The number of benzene rings is 2. The third-order valence-corrected chi connectivity index (χ3v) is 8.45. The van der Waals surface area contributed by atoms with E-state index in [2.05, 4.69) is 19.7 Å². The first-order valence-electron chi connectivity index (χ1n) is 11.3. The molecule has 22 heteroatoms. The summed E-state index contributed by atoms with van der Waals surface area (Å²) in [5.41, 5.74) is -0.254. The van der Waals surface area contributed by atoms with Crippen LogP contribution in [0.1, 0.15) is 12.5 Å². The smallest absolute Gasteiger partial charge is 0.744 e. The molecule has 0 spiro atoms. The van der Waals surface area contributed by atoms with Gasteiger partial charge in [-0.05, 0) is 25.5 Å². The van der Waals surface area contributed by atoms with Crippen molar-refractivity contribution in [3.8, 4) is 17.2 Å². The van der Waals surface area contributed by atoms with Gasteiger partial charge in [0.25, 0.3) is 5.91 Å². The van der Waals surface area contributed by atoms with Gasteiger partial charge in [-0.1, -0.05) is 0 Å². The van der Waals surface area contributed by atoms with Crippen LogP contribution >= 0.6 is 0 Å². The first-order valence-corrected chi connectivity index (χ1v) is 15.7. The first kappa shape index (κ1) is 41.3. The average Bonchev–Trinajstić information content (AvgIpc) is 2.86. The molecule has 0 bridgehead atoms. The van der Waals surface area contributed by atoms with Gasteiger partial charge >= 0.3 is 29.6 Å². The molecule has 0 radical (unpaired) electrons. The summed E-state index contributed by atoms with van der Waals surface area (Å²) in [5.74, 6) is -3.39. The molecule has 44 heavy (non-hydrogen) atoms. The number of hydrogen-bond donors (Lipinski definition) is 2. The van der Waals surface area contributed by atoms with E-state index in [9.17, 15) is 43.9 Å². The molecule has 1 unspecified atom stereocenters. The normalized spacial score (nSPS) is 12.4. The molecule has 0 aliphatic carbocycles. The van der Waals surface area contributed by atoms with Gasteiger partial charge in [0.05, 0.1) is 44.3 Å². The molecule has 0 saturated heterocycles. The van der Waals surface area contributed by atoms with Crippen LogP contribution in [0.3, 0.4) is 0 Å². The Hall–Kier alpha value is -2.73. The second-order valence-corrected chi connectivity index (χ2v) is 12.7. The van der Waals surface area contributed by atoms with Gasteiger partial charge in [-0.2, -0.15) is 10.2 Å². The number of hydrogen-bond acceptors (Lipinski definition) is 16. The fraction of sp³-hybridized carbons (Fsp3) is 0.364. The number of methoxy groups -OCH3 is 3. The molecule has 1 amide bonds. The molecule has 0 aromatic heterocycles. The minimum absolute atomic E-state index is 0. The molecule has 2 rings (SSSR count). The zero-order chi connectivity index (χ0) is 32.0. The summed E-state index contributed by atoms with van der Waals surface area (Å²) in [4.78, 5) is 24.1. The van der Waals surface area contributed by atoms with Crippen LogP contribution in [0.5, 0.6) is 17.2 Å². The zero-order valence-corrected chi connectivity index (χ0v) is 29.1. The number of ketones is 1. The Morgan fingerprint density at radius 2 is 1.43 bits per heavy atom. The van der Waals surface area contributed by atoms with Crippen molar-refractivity contribution in [1.29, 1.82) is 0 Å². The van der Waals surface area contributed by atoms with Crippen LogP contribution in [0.25, 0.3) is 0 Å². The molecule has 18 nitrogen and oxygen atoms in total. The Kier molecular flexibility index (Phi) is 15.5. The molecule has 0 aliphatic heterocycles. The van der Waals surface area contributed by atoms with Crippen molar-refractivity contribution in [2.24, 2.45) is 10.2 Å². The van der Waals surface area contributed by atoms with Crippen molar-refractivity contribution in [3.05, 3.63) is 29.8 Å². The fourth-order valence-corrected chi connectivity index (χ4v) is 5.73. The summed E-state index contributed by atoms with van der Waals surface area (Å²) in [5, 5.41) is 9.95. The van der Waals surface area contributed by atoms with E-state index < -0.39 is 70.2 Å². The maximum Gasteiger partial charge on any atom is 1.00 e. The first-order chi connectivity index (χ1) is 19.3. The van der Waals surface area contributed by atoms with Crippen LogP contribution in [-0.4, -0.2) is 85.8 Å². The summed E-state index contributed by atoms with van der Waals surface area (Å²) >= 11 is 0.